The molecule has 0 spiro atoms. The molecule has 8 heteroatoms. The number of benzene rings is 2. The van der Waals surface area contributed by atoms with Crippen LogP contribution >= 0.6 is 15.9 Å². The van der Waals surface area contributed by atoms with Crippen molar-refractivity contribution in [1.29, 1.82) is 0 Å². The van der Waals surface area contributed by atoms with Crippen LogP contribution < -0.4 is 25.1 Å². The van der Waals surface area contributed by atoms with Gasteiger partial charge in [0.25, 0.3) is 11.8 Å². The van der Waals surface area contributed by atoms with E-state index in [0.29, 0.717) is 15.8 Å². The Kier molecular flexibility index (Phi) is 6.24. The number of hydrogen-bond donors (Lipinski definition) is 2. The SMILES string of the molecule is COc1ccc(C(=O)NNC(=O)c2ccccc2Br)c(OC)c1OC. The number of hydrogen-bond acceptors (Lipinski definition) is 5. The molecule has 0 aliphatic rings. The van der Waals surface area contributed by atoms with Gasteiger partial charge in [-0.15, -0.1) is 0 Å². The molecule has 0 heterocycles. The fraction of sp³-hybridized carbons (Fsp3) is 0.176. The molecule has 2 rings (SSSR count). The summed E-state index contributed by atoms with van der Waals surface area (Å²) in [5.41, 5.74) is 5.29. The standard InChI is InChI=1S/C17H17BrN2O5/c1-23-13-9-8-11(14(24-2)15(13)25-3)17(22)20-19-16(21)10-6-4-5-7-12(10)18/h4-9H,1-3H3,(H,19,21)(H,20,22). The van der Waals surface area contributed by atoms with Crippen molar-refractivity contribution in [2.24, 2.45) is 0 Å². The Labute approximate surface area is 153 Å². The maximum Gasteiger partial charge on any atom is 0.273 e. The van der Waals surface area contributed by atoms with Crippen molar-refractivity contribution in [3.63, 3.8) is 0 Å². The van der Waals surface area contributed by atoms with E-state index in [1.54, 1.807) is 30.3 Å². The number of nitrogens with one attached hydrogen (secondary N) is 2. The van der Waals surface area contributed by atoms with Crippen LogP contribution in [0.2, 0.25) is 0 Å². The van der Waals surface area contributed by atoms with Crippen LogP contribution in [0.15, 0.2) is 40.9 Å². The van der Waals surface area contributed by atoms with Crippen LogP contribution in [0.3, 0.4) is 0 Å². The van der Waals surface area contributed by atoms with Crippen LogP contribution in [0.1, 0.15) is 20.7 Å². The number of halogens is 1. The molecule has 2 aromatic carbocycles. The number of carbonyl (C=O) groups excluding carboxylic acids is 2. The summed E-state index contributed by atoms with van der Waals surface area (Å²) in [6.45, 7) is 0. The molecule has 2 N–H and O–H groups in total. The van der Waals surface area contributed by atoms with Gasteiger partial charge in [-0.3, -0.25) is 20.4 Å². The molecule has 0 atom stereocenters. The number of methoxy groups -OCH3 is 3. The molecule has 0 fully saturated rings. The first-order valence-corrected chi connectivity index (χ1v) is 7.97. The summed E-state index contributed by atoms with van der Waals surface area (Å²) in [6.07, 6.45) is 0. The lowest BCUT2D eigenvalue weighted by Gasteiger charge is -2.15. The van der Waals surface area contributed by atoms with Gasteiger partial charge in [0, 0.05) is 4.47 Å². The van der Waals surface area contributed by atoms with E-state index in [9.17, 15) is 9.59 Å². The number of hydrazine groups is 1. The van der Waals surface area contributed by atoms with Crippen LogP contribution in [-0.4, -0.2) is 33.1 Å². The first-order chi connectivity index (χ1) is 12.0. The lowest BCUT2D eigenvalue weighted by molar-refractivity contribution is 0.0844. The molecular weight excluding hydrogens is 392 g/mol. The molecule has 0 aliphatic carbocycles. The van der Waals surface area contributed by atoms with Gasteiger partial charge in [-0.05, 0) is 40.2 Å². The molecule has 2 aromatic rings. The minimum atomic E-state index is -0.557. The van der Waals surface area contributed by atoms with Crippen LogP contribution in [-0.2, 0) is 0 Å². The van der Waals surface area contributed by atoms with Gasteiger partial charge in [0.2, 0.25) is 5.75 Å². The highest BCUT2D eigenvalue weighted by molar-refractivity contribution is 9.10. The van der Waals surface area contributed by atoms with Crippen molar-refractivity contribution in [3.8, 4) is 17.2 Å². The minimum Gasteiger partial charge on any atom is -0.493 e. The first-order valence-electron chi connectivity index (χ1n) is 7.17. The van der Waals surface area contributed by atoms with E-state index in [1.165, 1.54) is 27.4 Å². The predicted octanol–water partition coefficient (Wildman–Crippen LogP) is 2.55. The molecule has 0 saturated heterocycles. The average Bonchev–Trinajstić information content (AvgIpc) is 2.64. The Morgan fingerprint density at radius 2 is 1.40 bits per heavy atom. The van der Waals surface area contributed by atoms with Crippen molar-refractivity contribution in [2.45, 2.75) is 0 Å². The van der Waals surface area contributed by atoms with Gasteiger partial charge in [-0.1, -0.05) is 12.1 Å². The normalized spacial score (nSPS) is 9.92. The van der Waals surface area contributed by atoms with Crippen LogP contribution in [0, 0.1) is 0 Å². The quantitative estimate of drug-likeness (QED) is 0.742. The monoisotopic (exact) mass is 408 g/mol. The van der Waals surface area contributed by atoms with Crippen molar-refractivity contribution >= 4 is 27.7 Å². The maximum atomic E-state index is 12.4. The highest BCUT2D eigenvalue weighted by Crippen LogP contribution is 2.39. The van der Waals surface area contributed by atoms with Gasteiger partial charge in [-0.25, -0.2) is 0 Å². The first kappa shape index (κ1) is 18.6. The van der Waals surface area contributed by atoms with Crippen LogP contribution in [0.25, 0.3) is 0 Å². The summed E-state index contributed by atoms with van der Waals surface area (Å²) in [6, 6.07) is 9.95. The Morgan fingerprint density at radius 1 is 0.800 bits per heavy atom. The van der Waals surface area contributed by atoms with Gasteiger partial charge in [0.15, 0.2) is 11.5 Å². The minimum absolute atomic E-state index is 0.188. The van der Waals surface area contributed by atoms with Crippen LogP contribution in [0.5, 0.6) is 17.2 Å². The zero-order valence-corrected chi connectivity index (χ0v) is 15.5. The second-order valence-electron chi connectivity index (χ2n) is 4.77. The highest BCUT2D eigenvalue weighted by Gasteiger charge is 2.21. The van der Waals surface area contributed by atoms with Crippen molar-refractivity contribution in [2.75, 3.05) is 21.3 Å². The molecule has 7 nitrogen and oxygen atoms in total. The molecule has 0 unspecified atom stereocenters. The van der Waals surface area contributed by atoms with Gasteiger partial charge in [-0.2, -0.15) is 0 Å². The molecule has 0 radical (unpaired) electrons. The molecule has 0 bridgehead atoms. The van der Waals surface area contributed by atoms with E-state index in [4.69, 9.17) is 14.2 Å². The third kappa shape index (κ3) is 4.03. The highest BCUT2D eigenvalue weighted by atomic mass is 79.9. The third-order valence-corrected chi connectivity index (χ3v) is 4.05. The summed E-state index contributed by atoms with van der Waals surface area (Å²) in [5, 5.41) is 0. The topological polar surface area (TPSA) is 85.9 Å². The molecule has 0 saturated carbocycles. The largest absolute Gasteiger partial charge is 0.493 e. The average molecular weight is 409 g/mol. The maximum absolute atomic E-state index is 12.4. The number of rotatable bonds is 5. The Hall–Kier alpha value is -2.74. The van der Waals surface area contributed by atoms with Crippen molar-refractivity contribution in [3.05, 3.63) is 52.0 Å². The van der Waals surface area contributed by atoms with Crippen LogP contribution in [0.4, 0.5) is 0 Å². The van der Waals surface area contributed by atoms with E-state index in [1.807, 2.05) is 0 Å². The molecule has 2 amide bonds. The molecule has 132 valence electrons. The van der Waals surface area contributed by atoms with E-state index in [-0.39, 0.29) is 17.1 Å². The summed E-state index contributed by atoms with van der Waals surface area (Å²) in [7, 11) is 4.33. The predicted molar refractivity (Wildman–Crippen MR) is 95.2 cm³/mol. The Balaban J connectivity index is 2.19. The molecule has 0 aliphatic heterocycles. The van der Waals surface area contributed by atoms with Crippen molar-refractivity contribution < 1.29 is 23.8 Å². The van der Waals surface area contributed by atoms with E-state index in [2.05, 4.69) is 26.8 Å². The second kappa shape index (κ2) is 8.39. The zero-order valence-electron chi connectivity index (χ0n) is 13.9. The third-order valence-electron chi connectivity index (χ3n) is 3.36. The lowest BCUT2D eigenvalue weighted by atomic mass is 10.1. The Morgan fingerprint density at radius 3 is 1.96 bits per heavy atom. The number of ether oxygens (including phenoxy) is 3. The van der Waals surface area contributed by atoms with E-state index in [0.717, 1.165) is 0 Å². The Bertz CT molecular complexity index is 795. The molecular formula is C17H17BrN2O5. The fourth-order valence-electron chi connectivity index (χ4n) is 2.17. The lowest BCUT2D eigenvalue weighted by Crippen LogP contribution is -2.41. The summed E-state index contributed by atoms with van der Waals surface area (Å²) in [5.74, 6) is -0.101. The van der Waals surface area contributed by atoms with Gasteiger partial charge in [0.1, 0.15) is 0 Å². The number of amides is 2. The fourth-order valence-corrected chi connectivity index (χ4v) is 2.64. The number of carbonyl (C=O) groups is 2. The summed E-state index contributed by atoms with van der Waals surface area (Å²) in [4.78, 5) is 24.5. The smallest absolute Gasteiger partial charge is 0.273 e. The summed E-state index contributed by atoms with van der Waals surface area (Å²) >= 11 is 3.28. The van der Waals surface area contributed by atoms with Gasteiger partial charge < -0.3 is 14.2 Å². The molecule has 25 heavy (non-hydrogen) atoms. The van der Waals surface area contributed by atoms with E-state index < -0.39 is 11.8 Å². The second-order valence-corrected chi connectivity index (χ2v) is 5.62. The van der Waals surface area contributed by atoms with Gasteiger partial charge >= 0.3 is 0 Å². The summed E-state index contributed by atoms with van der Waals surface area (Å²) < 4.78 is 16.3. The zero-order chi connectivity index (χ0) is 18.4. The van der Waals surface area contributed by atoms with Gasteiger partial charge in [0.05, 0.1) is 32.5 Å². The van der Waals surface area contributed by atoms with E-state index >= 15 is 0 Å². The molecule has 0 aromatic heterocycles. The van der Waals surface area contributed by atoms with Crippen molar-refractivity contribution in [1.82, 2.24) is 10.9 Å².